The van der Waals surface area contributed by atoms with Gasteiger partial charge in [-0.2, -0.15) is 0 Å². The molecule has 0 fully saturated rings. The van der Waals surface area contributed by atoms with Gasteiger partial charge in [0.05, 0.1) is 33.8 Å². The van der Waals surface area contributed by atoms with Gasteiger partial charge >= 0.3 is 13.8 Å². The highest BCUT2D eigenvalue weighted by Crippen LogP contribution is 2.43. The number of rotatable bonds is 59. The molecule has 0 bridgehead atoms. The zero-order valence-electron chi connectivity index (χ0n) is 52.8. The molecule has 0 aromatic heterocycles. The van der Waals surface area contributed by atoms with Crippen molar-refractivity contribution in [3.8, 4) is 0 Å². The molecule has 3 unspecified atom stereocenters. The SMILES string of the molecule is CCCCC/C=C\C/C=C\C/C=C\C/C=C\CCCCCCCC(=O)NC(COP(=O)(O)OCC[N+](C)(C)C)C(/C=C/CCCCCCCCCCCC)OC(=O)CCCCCCCCCC/C=C\C/C=C\C/C=C\CCCCC. The van der Waals surface area contributed by atoms with Crippen LogP contribution in [0.15, 0.2) is 97.2 Å². The summed E-state index contributed by atoms with van der Waals surface area (Å²) >= 11 is 0. The maximum absolute atomic E-state index is 13.6. The van der Waals surface area contributed by atoms with Crippen LogP contribution in [0.3, 0.4) is 0 Å². The molecule has 0 aromatic rings. The molecule has 0 aliphatic rings. The van der Waals surface area contributed by atoms with E-state index in [0.717, 1.165) is 122 Å². The normalized spacial score (nSPS) is 14.2. The quantitative estimate of drug-likeness (QED) is 0.0205. The standard InChI is InChI=1S/C70H125N2O7P/c1-7-10-13-16-19-22-25-28-30-32-34-36-38-40-42-44-47-50-53-56-59-62-69(73)71-67(66-78-80(75,76)77-65-64-72(4,5)6)68(61-58-55-52-49-46-27-24-21-18-15-12-9-3)79-70(74)63-60-57-54-51-48-45-43-41-39-37-35-33-31-29-26-23-20-17-14-11-8-2/h19-20,22-23,28-31,34-37,40,42,58,61,67-68H,7-18,21,24-27,32-33,38-39,41,43-57,59-60,62-66H2,1-6H3,(H-,71,73,75,76)/p+1/b22-19-,23-20-,30-28-,31-29-,36-34-,37-35-,42-40-,61-58+. The van der Waals surface area contributed by atoms with E-state index in [4.69, 9.17) is 13.8 Å². The highest BCUT2D eigenvalue weighted by molar-refractivity contribution is 7.47. The molecule has 0 aliphatic carbocycles. The predicted molar refractivity (Wildman–Crippen MR) is 346 cm³/mol. The minimum Gasteiger partial charge on any atom is -0.456 e. The van der Waals surface area contributed by atoms with Crippen LogP contribution in [-0.2, 0) is 27.9 Å². The second kappa shape index (κ2) is 59.1. The number of quaternary nitrogens is 1. The molecule has 1 amide bonds. The van der Waals surface area contributed by atoms with E-state index in [1.807, 2.05) is 33.3 Å². The van der Waals surface area contributed by atoms with Crippen molar-refractivity contribution >= 4 is 19.7 Å². The van der Waals surface area contributed by atoms with Gasteiger partial charge in [-0.1, -0.05) is 253 Å². The van der Waals surface area contributed by atoms with Crippen LogP contribution in [-0.4, -0.2) is 74.3 Å². The lowest BCUT2D eigenvalue weighted by atomic mass is 10.0. The molecule has 9 nitrogen and oxygen atoms in total. The fourth-order valence-electron chi connectivity index (χ4n) is 9.11. The Morgan fingerprint density at radius 3 is 1.16 bits per heavy atom. The number of phosphoric ester groups is 1. The molecule has 462 valence electrons. The minimum absolute atomic E-state index is 0.0306. The van der Waals surface area contributed by atoms with Crippen molar-refractivity contribution in [2.45, 2.75) is 296 Å². The Morgan fingerprint density at radius 1 is 0.438 bits per heavy atom. The first-order chi connectivity index (χ1) is 38.9. The number of hydrogen-bond acceptors (Lipinski definition) is 6. The Labute approximate surface area is 494 Å². The lowest BCUT2D eigenvalue weighted by Crippen LogP contribution is -2.47. The van der Waals surface area contributed by atoms with E-state index in [2.05, 4.69) is 111 Å². The van der Waals surface area contributed by atoms with Gasteiger partial charge in [0.15, 0.2) is 0 Å². The van der Waals surface area contributed by atoms with E-state index in [0.29, 0.717) is 17.4 Å². The van der Waals surface area contributed by atoms with Gasteiger partial charge < -0.3 is 19.4 Å². The van der Waals surface area contributed by atoms with Gasteiger partial charge in [-0.05, 0) is 115 Å². The van der Waals surface area contributed by atoms with Crippen molar-refractivity contribution in [1.82, 2.24) is 5.32 Å². The van der Waals surface area contributed by atoms with E-state index in [1.54, 1.807) is 0 Å². The number of amides is 1. The van der Waals surface area contributed by atoms with Crippen LogP contribution >= 0.6 is 7.82 Å². The number of likely N-dealkylation sites (N-methyl/N-ethyl adjacent to an activating group) is 1. The molecular weight excluding hydrogens is 1010 g/mol. The summed E-state index contributed by atoms with van der Waals surface area (Å²) in [5.74, 6) is -0.535. The van der Waals surface area contributed by atoms with Gasteiger partial charge in [0.2, 0.25) is 5.91 Å². The summed E-state index contributed by atoms with van der Waals surface area (Å²) < 4.78 is 30.7. The van der Waals surface area contributed by atoms with Crippen molar-refractivity contribution in [2.24, 2.45) is 0 Å². The molecule has 80 heavy (non-hydrogen) atoms. The second-order valence-electron chi connectivity index (χ2n) is 23.3. The number of nitrogens with zero attached hydrogens (tertiary/aromatic N) is 1. The number of carbonyl (C=O) groups is 2. The summed E-state index contributed by atoms with van der Waals surface area (Å²) in [7, 11) is 1.47. The molecule has 0 saturated carbocycles. The monoisotopic (exact) mass is 1140 g/mol. The number of allylic oxidation sites excluding steroid dienone is 15. The Bertz CT molecular complexity index is 1690. The van der Waals surface area contributed by atoms with Crippen LogP contribution in [0.25, 0.3) is 0 Å². The highest BCUT2D eigenvalue weighted by Gasteiger charge is 2.30. The topological polar surface area (TPSA) is 111 Å². The first-order valence-electron chi connectivity index (χ1n) is 33.1. The van der Waals surface area contributed by atoms with E-state index in [1.165, 1.54) is 128 Å². The average molecular weight is 1140 g/mol. The molecule has 2 N–H and O–H groups in total. The Kier molecular flexibility index (Phi) is 56.8. The highest BCUT2D eigenvalue weighted by atomic mass is 31.2. The Balaban J connectivity index is 5.25. The maximum atomic E-state index is 13.6. The summed E-state index contributed by atoms with van der Waals surface area (Å²) in [5, 5.41) is 3.05. The molecule has 0 spiro atoms. The number of ether oxygens (including phenoxy) is 1. The Morgan fingerprint density at radius 2 is 0.762 bits per heavy atom. The van der Waals surface area contributed by atoms with E-state index in [9.17, 15) is 19.0 Å². The van der Waals surface area contributed by atoms with E-state index in [-0.39, 0.29) is 31.5 Å². The largest absolute Gasteiger partial charge is 0.472 e. The maximum Gasteiger partial charge on any atom is 0.472 e. The predicted octanol–water partition coefficient (Wildman–Crippen LogP) is 20.7. The number of phosphoric acid groups is 1. The van der Waals surface area contributed by atoms with Crippen molar-refractivity contribution < 1.29 is 37.3 Å². The first-order valence-corrected chi connectivity index (χ1v) is 34.6. The summed E-state index contributed by atoms with van der Waals surface area (Å²) in [6.07, 6.45) is 79.7. The van der Waals surface area contributed by atoms with Gasteiger partial charge in [-0.25, -0.2) is 4.57 Å². The van der Waals surface area contributed by atoms with Crippen LogP contribution in [0.5, 0.6) is 0 Å². The molecule has 0 heterocycles. The van der Waals surface area contributed by atoms with Gasteiger partial charge in [-0.15, -0.1) is 0 Å². The summed E-state index contributed by atoms with van der Waals surface area (Å²) in [4.78, 5) is 37.8. The van der Waals surface area contributed by atoms with Crippen molar-refractivity contribution in [1.29, 1.82) is 0 Å². The fraction of sp³-hybridized carbons (Fsp3) is 0.743. The number of esters is 1. The van der Waals surface area contributed by atoms with Crippen LogP contribution in [0.4, 0.5) is 0 Å². The first kappa shape index (κ1) is 76.9. The lowest BCUT2D eigenvalue weighted by molar-refractivity contribution is -0.870. The molecular formula is C70H126N2O7P+. The smallest absolute Gasteiger partial charge is 0.456 e. The van der Waals surface area contributed by atoms with Crippen molar-refractivity contribution in [3.63, 3.8) is 0 Å². The molecule has 0 rings (SSSR count). The van der Waals surface area contributed by atoms with Crippen LogP contribution in [0.2, 0.25) is 0 Å². The van der Waals surface area contributed by atoms with Crippen LogP contribution in [0, 0.1) is 0 Å². The van der Waals surface area contributed by atoms with E-state index >= 15 is 0 Å². The van der Waals surface area contributed by atoms with Crippen molar-refractivity contribution in [2.75, 3.05) is 40.9 Å². The molecule has 0 aliphatic heterocycles. The van der Waals surface area contributed by atoms with Gasteiger partial charge in [-0.3, -0.25) is 18.6 Å². The Hall–Kier alpha value is -3.07. The van der Waals surface area contributed by atoms with Gasteiger partial charge in [0, 0.05) is 12.8 Å². The molecule has 0 aromatic carbocycles. The summed E-state index contributed by atoms with van der Waals surface area (Å²) in [5.41, 5.74) is 0. The number of unbranched alkanes of at least 4 members (excludes halogenated alkanes) is 29. The molecule has 10 heteroatoms. The zero-order chi connectivity index (χ0) is 58.6. The summed E-state index contributed by atoms with van der Waals surface area (Å²) in [6.45, 7) is 6.94. The minimum atomic E-state index is -4.46. The zero-order valence-corrected chi connectivity index (χ0v) is 53.7. The van der Waals surface area contributed by atoms with Crippen LogP contribution in [0.1, 0.15) is 284 Å². The van der Waals surface area contributed by atoms with Crippen LogP contribution < -0.4 is 5.32 Å². The molecule has 0 saturated heterocycles. The lowest BCUT2D eigenvalue weighted by Gasteiger charge is -2.27. The number of hydrogen-bond donors (Lipinski definition) is 2. The summed E-state index contributed by atoms with van der Waals surface area (Å²) in [6, 6.07) is -0.868. The molecule has 3 atom stereocenters. The number of carbonyl (C=O) groups excluding carboxylic acids is 2. The van der Waals surface area contributed by atoms with E-state index < -0.39 is 20.0 Å². The third-order valence-electron chi connectivity index (χ3n) is 14.2. The molecule has 0 radical (unpaired) electrons. The second-order valence-corrected chi connectivity index (χ2v) is 24.7. The average Bonchev–Trinajstić information content (AvgIpc) is 3.42. The van der Waals surface area contributed by atoms with Crippen molar-refractivity contribution in [3.05, 3.63) is 97.2 Å². The third-order valence-corrected chi connectivity index (χ3v) is 15.2. The number of nitrogens with one attached hydrogen (secondary N) is 1. The van der Waals surface area contributed by atoms with Gasteiger partial charge in [0.25, 0.3) is 0 Å². The fourth-order valence-corrected chi connectivity index (χ4v) is 9.84. The third kappa shape index (κ3) is 59.5. The van der Waals surface area contributed by atoms with Gasteiger partial charge in [0.1, 0.15) is 19.3 Å².